The number of rotatable bonds is 5. The van der Waals surface area contributed by atoms with Gasteiger partial charge in [-0.15, -0.1) is 0 Å². The Bertz CT molecular complexity index is 1310. The van der Waals surface area contributed by atoms with Crippen molar-refractivity contribution in [3.8, 4) is 0 Å². The van der Waals surface area contributed by atoms with E-state index in [2.05, 4.69) is 0 Å². The smallest absolute Gasteiger partial charge is 0.304 e. The van der Waals surface area contributed by atoms with Crippen LogP contribution in [0.25, 0.3) is 10.9 Å². The fourth-order valence-electron chi connectivity index (χ4n) is 5.11. The molecule has 2 aromatic carbocycles. The van der Waals surface area contributed by atoms with Crippen LogP contribution >= 0.6 is 11.6 Å². The number of hydrogen-bond acceptors (Lipinski definition) is 3. The molecule has 1 aromatic heterocycles. The first-order valence-electron chi connectivity index (χ1n) is 10.5. The van der Waals surface area contributed by atoms with Crippen molar-refractivity contribution in [1.82, 2.24) is 4.57 Å². The van der Waals surface area contributed by atoms with Gasteiger partial charge in [-0.2, -0.15) is 0 Å². The zero-order chi connectivity index (χ0) is 23.4. The Kier molecular flexibility index (Phi) is 5.84. The van der Waals surface area contributed by atoms with E-state index in [1.165, 1.54) is 6.07 Å². The largest absolute Gasteiger partial charge is 0.481 e. The van der Waals surface area contributed by atoms with E-state index >= 15 is 0 Å². The summed E-state index contributed by atoms with van der Waals surface area (Å²) in [4.78, 5) is 11.6. The van der Waals surface area contributed by atoms with Crippen molar-refractivity contribution in [2.45, 2.75) is 50.0 Å². The molecule has 0 saturated heterocycles. The number of hydrogen-bond donors (Lipinski definition) is 1. The number of sulfone groups is 1. The molecule has 8 heteroatoms. The van der Waals surface area contributed by atoms with Gasteiger partial charge in [-0.3, -0.25) is 4.79 Å². The first-order chi connectivity index (χ1) is 15.0. The van der Waals surface area contributed by atoms with Gasteiger partial charge in [-0.1, -0.05) is 30.7 Å². The summed E-state index contributed by atoms with van der Waals surface area (Å²) in [5, 5.41) is 10.7. The molecule has 0 bridgehead atoms. The number of benzene rings is 2. The Hall–Kier alpha value is -2.38. The number of carboxylic acids is 1. The molecule has 170 valence electrons. The molecule has 0 aliphatic heterocycles. The average Bonchev–Trinajstić information content (AvgIpc) is 3.00. The molecule has 0 saturated carbocycles. The maximum Gasteiger partial charge on any atom is 0.304 e. The number of halogens is 2. The van der Waals surface area contributed by atoms with E-state index in [1.54, 1.807) is 12.1 Å². The van der Waals surface area contributed by atoms with E-state index in [9.17, 15) is 22.7 Å². The standard InChI is InChI=1S/C24H25ClFNO4S/c1-13-8-16(10-22(28)29)23-19(9-13)20-11-18(26)12-21(32(3,30)31)24(20)27(23)14(2)15-4-6-17(25)7-5-15/h4-7,11-14,16H,8-10H2,1-3H3,(H,28,29)/t13?,14-,16+/m0/s1. The summed E-state index contributed by atoms with van der Waals surface area (Å²) >= 11 is 6.06. The number of aliphatic carboxylic acids is 1. The molecular formula is C24H25ClFNO4S. The highest BCUT2D eigenvalue weighted by Gasteiger charge is 2.35. The highest BCUT2D eigenvalue weighted by molar-refractivity contribution is 7.91. The van der Waals surface area contributed by atoms with Crippen LogP contribution < -0.4 is 0 Å². The second-order valence-electron chi connectivity index (χ2n) is 8.87. The molecule has 0 radical (unpaired) electrons. The van der Waals surface area contributed by atoms with Crippen molar-refractivity contribution in [2.24, 2.45) is 5.92 Å². The second kappa shape index (κ2) is 8.19. The average molecular weight is 478 g/mol. The lowest BCUT2D eigenvalue weighted by atomic mass is 9.79. The van der Waals surface area contributed by atoms with Crippen LogP contribution in [0.4, 0.5) is 4.39 Å². The number of carboxylic acid groups (broad SMARTS) is 1. The summed E-state index contributed by atoms with van der Waals surface area (Å²) in [6.07, 6.45) is 2.30. The Morgan fingerprint density at radius 3 is 2.53 bits per heavy atom. The zero-order valence-corrected chi connectivity index (χ0v) is 19.7. The summed E-state index contributed by atoms with van der Waals surface area (Å²) in [6, 6.07) is 9.39. The minimum Gasteiger partial charge on any atom is -0.481 e. The molecule has 0 spiro atoms. The van der Waals surface area contributed by atoms with Crippen LogP contribution in [-0.2, 0) is 21.1 Å². The predicted octanol–water partition coefficient (Wildman–Crippen LogP) is 5.59. The summed E-state index contributed by atoms with van der Waals surface area (Å²) < 4.78 is 41.9. The monoisotopic (exact) mass is 477 g/mol. The SMILES string of the molecule is CC1Cc2c(n([C@@H](C)c3ccc(Cl)cc3)c3c(S(C)(=O)=O)cc(F)cc23)[C@@H](CC(=O)O)C1. The van der Waals surface area contributed by atoms with E-state index < -0.39 is 21.6 Å². The molecule has 1 heterocycles. The van der Waals surface area contributed by atoms with Crippen LogP contribution in [0.5, 0.6) is 0 Å². The van der Waals surface area contributed by atoms with E-state index in [-0.39, 0.29) is 29.2 Å². The zero-order valence-electron chi connectivity index (χ0n) is 18.1. The van der Waals surface area contributed by atoms with E-state index in [0.717, 1.165) is 29.1 Å². The minimum atomic E-state index is -3.75. The van der Waals surface area contributed by atoms with Gasteiger partial charge in [-0.05, 0) is 61.1 Å². The maximum absolute atomic E-state index is 14.6. The first kappa shape index (κ1) is 22.8. The molecule has 0 amide bonds. The topological polar surface area (TPSA) is 76.4 Å². The Labute approximate surface area is 191 Å². The fourth-order valence-corrected chi connectivity index (χ4v) is 6.12. The first-order valence-corrected chi connectivity index (χ1v) is 12.8. The Morgan fingerprint density at radius 2 is 1.94 bits per heavy atom. The quantitative estimate of drug-likeness (QED) is 0.520. The molecule has 3 aromatic rings. The van der Waals surface area contributed by atoms with E-state index in [1.807, 2.05) is 30.5 Å². The van der Waals surface area contributed by atoms with Gasteiger partial charge in [0.1, 0.15) is 5.82 Å². The van der Waals surface area contributed by atoms with Crippen LogP contribution in [0.1, 0.15) is 55.5 Å². The predicted molar refractivity (Wildman–Crippen MR) is 123 cm³/mol. The van der Waals surface area contributed by atoms with E-state index in [0.29, 0.717) is 28.8 Å². The number of nitrogens with zero attached hydrogens (tertiary/aromatic N) is 1. The lowest BCUT2D eigenvalue weighted by Crippen LogP contribution is -2.23. The van der Waals surface area contributed by atoms with Crippen LogP contribution in [-0.4, -0.2) is 30.3 Å². The summed E-state index contributed by atoms with van der Waals surface area (Å²) in [7, 11) is -3.75. The molecule has 3 atom stereocenters. The van der Waals surface area contributed by atoms with E-state index in [4.69, 9.17) is 11.6 Å². The number of aromatic nitrogens is 1. The molecule has 1 aliphatic carbocycles. The normalized spacial score (nSPS) is 19.7. The van der Waals surface area contributed by atoms with Gasteiger partial charge in [0.15, 0.2) is 9.84 Å². The van der Waals surface area contributed by atoms with Crippen molar-refractivity contribution in [3.63, 3.8) is 0 Å². The summed E-state index contributed by atoms with van der Waals surface area (Å²) in [6.45, 7) is 3.98. The van der Waals surface area contributed by atoms with Crippen molar-refractivity contribution in [2.75, 3.05) is 6.26 Å². The van der Waals surface area contributed by atoms with Crippen LogP contribution in [0, 0.1) is 11.7 Å². The van der Waals surface area contributed by atoms with Gasteiger partial charge < -0.3 is 9.67 Å². The highest BCUT2D eigenvalue weighted by atomic mass is 35.5. The molecule has 1 aliphatic rings. The highest BCUT2D eigenvalue weighted by Crippen LogP contribution is 2.46. The Morgan fingerprint density at radius 1 is 1.28 bits per heavy atom. The molecule has 4 rings (SSSR count). The third-order valence-electron chi connectivity index (χ3n) is 6.36. The van der Waals surface area contributed by atoms with Gasteiger partial charge >= 0.3 is 5.97 Å². The van der Waals surface area contributed by atoms with Crippen LogP contribution in [0.15, 0.2) is 41.3 Å². The lowest BCUT2D eigenvalue weighted by molar-refractivity contribution is -0.137. The summed E-state index contributed by atoms with van der Waals surface area (Å²) in [5.74, 6) is -1.64. The molecule has 1 unspecified atom stereocenters. The van der Waals surface area contributed by atoms with Crippen molar-refractivity contribution in [3.05, 3.63) is 64.1 Å². The van der Waals surface area contributed by atoms with Crippen LogP contribution in [0.2, 0.25) is 5.02 Å². The fraction of sp³-hybridized carbons (Fsp3) is 0.375. The van der Waals surface area contributed by atoms with Gasteiger partial charge in [0, 0.05) is 28.3 Å². The van der Waals surface area contributed by atoms with Gasteiger partial charge in [0.25, 0.3) is 0 Å². The summed E-state index contributed by atoms with van der Waals surface area (Å²) in [5.41, 5.74) is 2.96. The lowest BCUT2D eigenvalue weighted by Gasteiger charge is -2.31. The number of fused-ring (bicyclic) bond motifs is 3. The third-order valence-corrected chi connectivity index (χ3v) is 7.72. The molecule has 0 fully saturated rings. The van der Waals surface area contributed by atoms with Gasteiger partial charge in [0.05, 0.1) is 22.9 Å². The molecular weight excluding hydrogens is 453 g/mol. The van der Waals surface area contributed by atoms with Crippen molar-refractivity contribution < 1.29 is 22.7 Å². The van der Waals surface area contributed by atoms with Crippen molar-refractivity contribution >= 4 is 38.3 Å². The maximum atomic E-state index is 14.6. The second-order valence-corrected chi connectivity index (χ2v) is 11.3. The third kappa shape index (κ3) is 4.04. The number of carbonyl (C=O) groups is 1. The van der Waals surface area contributed by atoms with Gasteiger partial charge in [0.2, 0.25) is 0 Å². The molecule has 32 heavy (non-hydrogen) atoms. The Balaban J connectivity index is 2.12. The van der Waals surface area contributed by atoms with Crippen LogP contribution in [0.3, 0.4) is 0 Å². The molecule has 5 nitrogen and oxygen atoms in total. The van der Waals surface area contributed by atoms with Crippen molar-refractivity contribution in [1.29, 1.82) is 0 Å². The van der Waals surface area contributed by atoms with Gasteiger partial charge in [-0.25, -0.2) is 12.8 Å². The molecule has 1 N–H and O–H groups in total. The minimum absolute atomic E-state index is 0.0717.